The molecule has 5 nitrogen and oxygen atoms in total. The molecule has 0 aromatic heterocycles. The summed E-state index contributed by atoms with van der Waals surface area (Å²) in [6.07, 6.45) is 9.03. The number of rotatable bonds is 10. The van der Waals surface area contributed by atoms with Crippen LogP contribution in [0.4, 0.5) is 0 Å². The molecule has 0 amide bonds. The van der Waals surface area contributed by atoms with Gasteiger partial charge >= 0.3 is 0 Å². The number of nitrogens with zero attached hydrogens (tertiary/aromatic N) is 1. The molecule has 1 aliphatic heterocycles. The van der Waals surface area contributed by atoms with E-state index in [1.165, 1.54) is 24.8 Å². The molecule has 4 aliphatic rings. The smallest absolute Gasteiger partial charge is 0.214 e. The summed E-state index contributed by atoms with van der Waals surface area (Å²) in [6, 6.07) is 12.0. The van der Waals surface area contributed by atoms with Crippen molar-refractivity contribution in [3.63, 3.8) is 0 Å². The Bertz CT molecular complexity index is 880. The highest BCUT2D eigenvalue weighted by atomic mass is 32.2. The van der Waals surface area contributed by atoms with Crippen LogP contribution in [-0.4, -0.2) is 56.8 Å². The zero-order valence-electron chi connectivity index (χ0n) is 18.0. The number of nitrogens with one attached hydrogen (secondary N) is 2. The van der Waals surface area contributed by atoms with Gasteiger partial charge in [0.15, 0.2) is 0 Å². The van der Waals surface area contributed by atoms with Gasteiger partial charge in [-0.25, -0.2) is 13.1 Å². The van der Waals surface area contributed by atoms with Gasteiger partial charge in [-0.05, 0) is 55.4 Å². The molecule has 2 N–H and O–H groups in total. The van der Waals surface area contributed by atoms with Crippen molar-refractivity contribution in [3.8, 4) is 0 Å². The van der Waals surface area contributed by atoms with Crippen molar-refractivity contribution in [3.05, 3.63) is 41.5 Å². The van der Waals surface area contributed by atoms with Gasteiger partial charge in [-0.3, -0.25) is 0 Å². The molecule has 30 heavy (non-hydrogen) atoms. The summed E-state index contributed by atoms with van der Waals surface area (Å²) in [6.45, 7) is 5.96. The largest absolute Gasteiger partial charge is 0.311 e. The third-order valence-electron chi connectivity index (χ3n) is 7.45. The fraction of sp³-hybridized carbons (Fsp3) is 0.667. The first-order valence-corrected chi connectivity index (χ1v) is 13.2. The van der Waals surface area contributed by atoms with Gasteiger partial charge in [0.2, 0.25) is 10.0 Å². The van der Waals surface area contributed by atoms with Gasteiger partial charge in [-0.1, -0.05) is 48.9 Å². The van der Waals surface area contributed by atoms with Crippen LogP contribution in [0.15, 0.2) is 35.9 Å². The number of likely N-dealkylation sites (tertiary alicyclic amines) is 1. The zero-order valence-corrected chi connectivity index (χ0v) is 18.8. The van der Waals surface area contributed by atoms with E-state index >= 15 is 0 Å². The standard InChI is InChI=1S/C24H35N3O2S/c1-2-19(12-18-6-4-3-5-7-18)22-13-23(22)26-20-14-24(15-20)16-27(17-24)11-10-25-30(28,29)21-8-9-21/h3-7,12,20-23,25-26H,2,8-11,13-17H2,1H3/b19-12+/t22-,23+/m0/s1. The van der Waals surface area contributed by atoms with E-state index in [1.54, 1.807) is 5.57 Å². The summed E-state index contributed by atoms with van der Waals surface area (Å²) in [7, 11) is -3.03. The first-order valence-electron chi connectivity index (χ1n) is 11.7. The van der Waals surface area contributed by atoms with Crippen LogP contribution in [0.25, 0.3) is 6.08 Å². The Morgan fingerprint density at radius 3 is 2.60 bits per heavy atom. The molecule has 0 unspecified atom stereocenters. The quantitative estimate of drug-likeness (QED) is 0.600. The SMILES string of the molecule is CC/C(=C\c1ccccc1)[C@@H]1C[C@H]1NC1CC2(C1)CN(CCNS(=O)(=O)C1CC1)C2. The molecule has 3 saturated carbocycles. The highest BCUT2D eigenvalue weighted by molar-refractivity contribution is 7.90. The number of hydrogen-bond acceptors (Lipinski definition) is 4. The predicted octanol–water partition coefficient (Wildman–Crippen LogP) is 3.00. The lowest BCUT2D eigenvalue weighted by Crippen LogP contribution is -2.66. The maximum atomic E-state index is 11.9. The first-order chi connectivity index (χ1) is 14.5. The Labute approximate surface area is 181 Å². The van der Waals surface area contributed by atoms with Crippen LogP contribution in [0, 0.1) is 11.3 Å². The van der Waals surface area contributed by atoms with E-state index in [-0.39, 0.29) is 5.25 Å². The Morgan fingerprint density at radius 1 is 1.20 bits per heavy atom. The second-order valence-electron chi connectivity index (χ2n) is 10.1. The van der Waals surface area contributed by atoms with Crippen molar-refractivity contribution in [2.45, 2.75) is 62.8 Å². The van der Waals surface area contributed by atoms with Crippen LogP contribution in [0.3, 0.4) is 0 Å². The Morgan fingerprint density at radius 2 is 1.93 bits per heavy atom. The van der Waals surface area contributed by atoms with E-state index < -0.39 is 10.0 Å². The Kier molecular flexibility index (Phi) is 5.55. The molecule has 1 saturated heterocycles. The van der Waals surface area contributed by atoms with Crippen molar-refractivity contribution >= 4 is 16.1 Å². The Hall–Kier alpha value is -1.21. The first kappa shape index (κ1) is 20.7. The second kappa shape index (κ2) is 8.05. The molecule has 1 aromatic rings. The number of benzene rings is 1. The molecular weight excluding hydrogens is 394 g/mol. The van der Waals surface area contributed by atoms with Crippen molar-refractivity contribution in [2.24, 2.45) is 11.3 Å². The monoisotopic (exact) mass is 429 g/mol. The minimum atomic E-state index is -3.03. The fourth-order valence-electron chi connectivity index (χ4n) is 5.59. The average molecular weight is 430 g/mol. The fourth-order valence-corrected chi connectivity index (χ4v) is 6.96. The van der Waals surface area contributed by atoms with Crippen LogP contribution in [0.2, 0.25) is 0 Å². The normalized spacial score (nSPS) is 28.9. The minimum Gasteiger partial charge on any atom is -0.311 e. The van der Waals surface area contributed by atoms with E-state index in [9.17, 15) is 8.42 Å². The van der Waals surface area contributed by atoms with Crippen molar-refractivity contribution in [1.82, 2.24) is 14.9 Å². The summed E-state index contributed by atoms with van der Waals surface area (Å²) in [5, 5.41) is 3.80. The maximum Gasteiger partial charge on any atom is 0.214 e. The number of hydrogen-bond donors (Lipinski definition) is 2. The van der Waals surface area contributed by atoms with Gasteiger partial charge < -0.3 is 10.2 Å². The second-order valence-corrected chi connectivity index (χ2v) is 12.1. The van der Waals surface area contributed by atoms with Crippen LogP contribution >= 0.6 is 0 Å². The van der Waals surface area contributed by atoms with Gasteiger partial charge in [0.1, 0.15) is 0 Å². The third kappa shape index (κ3) is 4.52. The highest BCUT2D eigenvalue weighted by Crippen LogP contribution is 2.50. The molecular formula is C24H35N3O2S. The van der Waals surface area contributed by atoms with E-state index in [1.807, 2.05) is 0 Å². The molecule has 2 atom stereocenters. The van der Waals surface area contributed by atoms with Gasteiger partial charge in [0.25, 0.3) is 0 Å². The molecule has 5 rings (SSSR count). The van der Waals surface area contributed by atoms with Crippen LogP contribution in [0.5, 0.6) is 0 Å². The molecule has 1 aromatic carbocycles. The molecule has 3 aliphatic carbocycles. The molecule has 6 heteroatoms. The van der Waals surface area contributed by atoms with Crippen LogP contribution < -0.4 is 10.0 Å². The van der Waals surface area contributed by atoms with Gasteiger partial charge in [-0.15, -0.1) is 0 Å². The highest BCUT2D eigenvalue weighted by Gasteiger charge is 2.53. The van der Waals surface area contributed by atoms with Gasteiger partial charge in [-0.2, -0.15) is 0 Å². The van der Waals surface area contributed by atoms with E-state index in [2.05, 4.69) is 58.3 Å². The number of sulfonamides is 1. The predicted molar refractivity (Wildman–Crippen MR) is 122 cm³/mol. The van der Waals surface area contributed by atoms with Crippen molar-refractivity contribution < 1.29 is 8.42 Å². The van der Waals surface area contributed by atoms with Crippen molar-refractivity contribution in [2.75, 3.05) is 26.2 Å². The van der Waals surface area contributed by atoms with Crippen LogP contribution in [0.1, 0.15) is 51.0 Å². The topological polar surface area (TPSA) is 61.4 Å². The summed E-state index contributed by atoms with van der Waals surface area (Å²) >= 11 is 0. The van der Waals surface area contributed by atoms with Gasteiger partial charge in [0, 0.05) is 38.3 Å². The molecule has 0 bridgehead atoms. The van der Waals surface area contributed by atoms with Crippen molar-refractivity contribution in [1.29, 1.82) is 0 Å². The summed E-state index contributed by atoms with van der Waals surface area (Å²) in [5.74, 6) is 0.712. The minimum absolute atomic E-state index is 0.110. The zero-order chi connectivity index (χ0) is 20.8. The summed E-state index contributed by atoms with van der Waals surface area (Å²) in [4.78, 5) is 2.41. The van der Waals surface area contributed by atoms with E-state index in [4.69, 9.17) is 0 Å². The molecule has 1 spiro atoms. The molecule has 4 fully saturated rings. The Balaban J connectivity index is 1.00. The summed E-state index contributed by atoms with van der Waals surface area (Å²) < 4.78 is 26.5. The van der Waals surface area contributed by atoms with Gasteiger partial charge in [0.05, 0.1) is 5.25 Å². The average Bonchev–Trinajstić information content (AvgIpc) is 3.57. The lowest BCUT2D eigenvalue weighted by Gasteiger charge is -2.59. The lowest BCUT2D eigenvalue weighted by molar-refractivity contribution is -0.0775. The molecule has 164 valence electrons. The van der Waals surface area contributed by atoms with Crippen LogP contribution in [-0.2, 0) is 10.0 Å². The van der Waals surface area contributed by atoms with E-state index in [0.717, 1.165) is 38.9 Å². The lowest BCUT2D eigenvalue weighted by atomic mass is 9.60. The van der Waals surface area contributed by atoms with E-state index in [0.29, 0.717) is 30.0 Å². The maximum absolute atomic E-state index is 11.9. The molecule has 0 radical (unpaired) electrons. The molecule has 1 heterocycles. The summed E-state index contributed by atoms with van der Waals surface area (Å²) in [5.41, 5.74) is 3.40. The third-order valence-corrected chi connectivity index (χ3v) is 9.40.